The second kappa shape index (κ2) is 8.87. The number of carbonyl (C=O) groups is 1. The molecule has 1 unspecified atom stereocenters. The first kappa shape index (κ1) is 21.2. The van der Waals surface area contributed by atoms with Crippen LogP contribution in [0, 0.1) is 22.9 Å². The number of amides is 1. The summed E-state index contributed by atoms with van der Waals surface area (Å²) >= 11 is 6.11. The maximum Gasteiger partial charge on any atom is 0.390 e. The molecule has 1 fully saturated rings. The van der Waals surface area contributed by atoms with Crippen LogP contribution in [0.5, 0.6) is 0 Å². The van der Waals surface area contributed by atoms with Gasteiger partial charge in [-0.1, -0.05) is 24.6 Å². The Morgan fingerprint density at radius 3 is 2.59 bits per heavy atom. The fraction of sp³-hybridized carbons (Fsp3) is 0.474. The second-order valence-electron chi connectivity index (χ2n) is 7.07. The zero-order valence-electron chi connectivity index (χ0n) is 16.3. The van der Waals surface area contributed by atoms with Crippen LogP contribution in [0.2, 0.25) is 5.02 Å². The number of aryl methyl sites for hydroxylation is 1. The number of hydrogen-bond acceptors (Lipinski definition) is 5. The maximum absolute atomic E-state index is 14.0. The van der Waals surface area contributed by atoms with Gasteiger partial charge in [0.15, 0.2) is 6.04 Å². The monoisotopic (exact) mass is 423 g/mol. The Bertz CT molecular complexity index is 891. The minimum absolute atomic E-state index is 0.114. The first-order chi connectivity index (χ1) is 13.8. The van der Waals surface area contributed by atoms with Gasteiger partial charge in [0.25, 0.3) is 0 Å². The SMILES string of the molecule is CCC(C(=O)N1CCN(Cc2c(F)cccc2Cl)CC1)n1nc([N+](=O)[O-])cc1C. The van der Waals surface area contributed by atoms with Crippen LogP contribution in [-0.2, 0) is 11.3 Å². The van der Waals surface area contributed by atoms with Gasteiger partial charge in [0.1, 0.15) is 5.82 Å². The molecule has 1 atom stereocenters. The molecular formula is C19H23ClFN5O3. The van der Waals surface area contributed by atoms with Crippen LogP contribution in [-0.4, -0.2) is 56.6 Å². The minimum atomic E-state index is -0.587. The third-order valence-corrected chi connectivity index (χ3v) is 5.55. The zero-order valence-corrected chi connectivity index (χ0v) is 17.1. The molecule has 1 aromatic heterocycles. The molecule has 1 aliphatic rings. The lowest BCUT2D eigenvalue weighted by Crippen LogP contribution is -2.50. The molecule has 1 saturated heterocycles. The number of rotatable bonds is 6. The van der Waals surface area contributed by atoms with Crippen molar-refractivity contribution in [3.63, 3.8) is 0 Å². The van der Waals surface area contributed by atoms with Crippen molar-refractivity contribution >= 4 is 23.3 Å². The minimum Gasteiger partial charge on any atom is -0.358 e. The van der Waals surface area contributed by atoms with Gasteiger partial charge < -0.3 is 15.0 Å². The summed E-state index contributed by atoms with van der Waals surface area (Å²) < 4.78 is 15.4. The van der Waals surface area contributed by atoms with E-state index in [2.05, 4.69) is 10.00 Å². The van der Waals surface area contributed by atoms with Gasteiger partial charge in [-0.2, -0.15) is 4.68 Å². The Balaban J connectivity index is 1.65. The molecule has 0 spiro atoms. The van der Waals surface area contributed by atoms with Gasteiger partial charge >= 0.3 is 5.82 Å². The number of hydrogen-bond donors (Lipinski definition) is 0. The fourth-order valence-corrected chi connectivity index (χ4v) is 3.79. The van der Waals surface area contributed by atoms with Gasteiger partial charge in [0.2, 0.25) is 5.91 Å². The molecule has 1 amide bonds. The highest BCUT2D eigenvalue weighted by Crippen LogP contribution is 2.24. The van der Waals surface area contributed by atoms with E-state index < -0.39 is 11.0 Å². The standard InChI is InChI=1S/C19H23ClFN5O3/c1-3-17(25-13(2)11-18(22-25)26(28)29)19(27)24-9-7-23(8-10-24)12-14-15(20)5-4-6-16(14)21/h4-6,11,17H,3,7-10,12H2,1-2H3. The van der Waals surface area contributed by atoms with E-state index in [1.165, 1.54) is 16.8 Å². The molecule has 29 heavy (non-hydrogen) atoms. The summed E-state index contributed by atoms with van der Waals surface area (Å²) in [4.78, 5) is 27.2. The summed E-state index contributed by atoms with van der Waals surface area (Å²) in [6, 6.07) is 5.41. The van der Waals surface area contributed by atoms with E-state index >= 15 is 0 Å². The van der Waals surface area contributed by atoms with Crippen molar-refractivity contribution in [2.24, 2.45) is 0 Å². The van der Waals surface area contributed by atoms with Crippen LogP contribution in [0.25, 0.3) is 0 Å². The smallest absolute Gasteiger partial charge is 0.358 e. The Hall–Kier alpha value is -2.52. The second-order valence-corrected chi connectivity index (χ2v) is 7.48. The molecule has 0 aliphatic carbocycles. The van der Waals surface area contributed by atoms with E-state index in [1.54, 1.807) is 24.0 Å². The van der Waals surface area contributed by atoms with E-state index in [-0.39, 0.29) is 17.5 Å². The highest BCUT2D eigenvalue weighted by molar-refractivity contribution is 6.31. The lowest BCUT2D eigenvalue weighted by atomic mass is 10.1. The van der Waals surface area contributed by atoms with E-state index in [1.807, 2.05) is 6.92 Å². The first-order valence-electron chi connectivity index (χ1n) is 9.46. The summed E-state index contributed by atoms with van der Waals surface area (Å²) in [5, 5.41) is 15.4. The number of halogens is 2. The van der Waals surface area contributed by atoms with Crippen molar-refractivity contribution in [3.05, 3.63) is 56.5 Å². The summed E-state index contributed by atoms with van der Waals surface area (Å²) in [5.41, 5.74) is 1.03. The first-order valence-corrected chi connectivity index (χ1v) is 9.84. The Labute approximate surface area is 173 Å². The van der Waals surface area contributed by atoms with Crippen LogP contribution in [0.1, 0.15) is 30.6 Å². The molecule has 0 saturated carbocycles. The summed E-state index contributed by atoms with van der Waals surface area (Å²) in [6.45, 7) is 6.09. The average Bonchev–Trinajstić information content (AvgIpc) is 3.08. The molecule has 10 heteroatoms. The van der Waals surface area contributed by atoms with Crippen LogP contribution in [0.4, 0.5) is 10.2 Å². The van der Waals surface area contributed by atoms with Gasteiger partial charge in [-0.3, -0.25) is 9.69 Å². The van der Waals surface area contributed by atoms with E-state index in [9.17, 15) is 19.3 Å². The number of benzene rings is 1. The highest BCUT2D eigenvalue weighted by Gasteiger charge is 2.32. The molecule has 156 valence electrons. The quantitative estimate of drug-likeness (QED) is 0.526. The van der Waals surface area contributed by atoms with Crippen molar-refractivity contribution in [2.45, 2.75) is 32.9 Å². The van der Waals surface area contributed by atoms with Crippen LogP contribution in [0.3, 0.4) is 0 Å². The molecule has 2 aromatic rings. The Morgan fingerprint density at radius 1 is 1.34 bits per heavy atom. The van der Waals surface area contributed by atoms with Crippen molar-refractivity contribution in [3.8, 4) is 0 Å². The van der Waals surface area contributed by atoms with Gasteiger partial charge in [-0.05, 0) is 30.4 Å². The van der Waals surface area contributed by atoms with Crippen molar-refractivity contribution < 1.29 is 14.1 Å². The number of nitro groups is 1. The number of carbonyl (C=O) groups excluding carboxylic acids is 1. The van der Waals surface area contributed by atoms with Crippen LogP contribution >= 0.6 is 11.6 Å². The van der Waals surface area contributed by atoms with Gasteiger partial charge in [0, 0.05) is 43.3 Å². The topological polar surface area (TPSA) is 84.5 Å². The molecule has 1 aromatic carbocycles. The molecule has 1 aliphatic heterocycles. The zero-order chi connectivity index (χ0) is 21.1. The maximum atomic E-state index is 14.0. The summed E-state index contributed by atoms with van der Waals surface area (Å²) in [5.74, 6) is -0.713. The normalized spacial score (nSPS) is 16.1. The third-order valence-electron chi connectivity index (χ3n) is 5.19. The third kappa shape index (κ3) is 4.56. The Morgan fingerprint density at radius 2 is 2.03 bits per heavy atom. The summed E-state index contributed by atoms with van der Waals surface area (Å²) in [7, 11) is 0. The van der Waals surface area contributed by atoms with Crippen molar-refractivity contribution in [2.75, 3.05) is 26.2 Å². The molecular weight excluding hydrogens is 401 g/mol. The molecule has 0 bridgehead atoms. The van der Waals surface area contributed by atoms with E-state index in [0.29, 0.717) is 55.4 Å². The highest BCUT2D eigenvalue weighted by atomic mass is 35.5. The lowest BCUT2D eigenvalue weighted by molar-refractivity contribution is -0.389. The van der Waals surface area contributed by atoms with Crippen LogP contribution in [0.15, 0.2) is 24.3 Å². The number of nitrogens with zero attached hydrogens (tertiary/aromatic N) is 5. The predicted molar refractivity (Wildman–Crippen MR) is 106 cm³/mol. The van der Waals surface area contributed by atoms with Gasteiger partial charge in [-0.15, -0.1) is 0 Å². The van der Waals surface area contributed by atoms with Crippen molar-refractivity contribution in [1.29, 1.82) is 0 Å². The van der Waals surface area contributed by atoms with E-state index in [0.717, 1.165) is 0 Å². The summed E-state index contributed by atoms with van der Waals surface area (Å²) in [6.07, 6.45) is 0.476. The fourth-order valence-electron chi connectivity index (χ4n) is 3.57. The van der Waals surface area contributed by atoms with Crippen molar-refractivity contribution in [1.82, 2.24) is 19.6 Å². The van der Waals surface area contributed by atoms with E-state index in [4.69, 9.17) is 11.6 Å². The lowest BCUT2D eigenvalue weighted by Gasteiger charge is -2.36. The van der Waals surface area contributed by atoms with Gasteiger partial charge in [-0.25, -0.2) is 4.39 Å². The average molecular weight is 424 g/mol. The molecule has 3 rings (SSSR count). The number of piperazine rings is 1. The predicted octanol–water partition coefficient (Wildman–Crippen LogP) is 3.19. The number of aromatic nitrogens is 2. The molecule has 0 radical (unpaired) electrons. The Kier molecular flexibility index (Phi) is 6.49. The van der Waals surface area contributed by atoms with Gasteiger partial charge in [0.05, 0.1) is 16.9 Å². The largest absolute Gasteiger partial charge is 0.390 e. The molecule has 0 N–H and O–H groups in total. The van der Waals surface area contributed by atoms with Crippen LogP contribution < -0.4 is 0 Å². The molecule has 2 heterocycles. The molecule has 8 nitrogen and oxygen atoms in total.